The third-order valence-electron chi connectivity index (χ3n) is 3.69. The minimum atomic E-state index is 0.0147. The molecule has 0 saturated carbocycles. The fraction of sp³-hybridized carbons (Fsp3) is 0.438. The Morgan fingerprint density at radius 1 is 1.33 bits per heavy atom. The van der Waals surface area contributed by atoms with Gasteiger partial charge < -0.3 is 9.64 Å². The van der Waals surface area contributed by atoms with Gasteiger partial charge >= 0.3 is 0 Å². The molecule has 2 atom stereocenters. The highest BCUT2D eigenvalue weighted by Crippen LogP contribution is 2.36. The van der Waals surface area contributed by atoms with E-state index in [9.17, 15) is 4.79 Å². The summed E-state index contributed by atoms with van der Waals surface area (Å²) >= 11 is 7.91. The van der Waals surface area contributed by atoms with Crippen molar-refractivity contribution < 1.29 is 9.53 Å². The first-order valence-electron chi connectivity index (χ1n) is 7.09. The predicted molar refractivity (Wildman–Crippen MR) is 87.5 cm³/mol. The number of halogens is 1. The van der Waals surface area contributed by atoms with Gasteiger partial charge in [0.25, 0.3) is 5.91 Å². The highest BCUT2D eigenvalue weighted by atomic mass is 35.5. The van der Waals surface area contributed by atoms with Crippen LogP contribution in [0.4, 0.5) is 0 Å². The van der Waals surface area contributed by atoms with E-state index in [2.05, 4.69) is 6.07 Å². The summed E-state index contributed by atoms with van der Waals surface area (Å²) in [6, 6.07) is 6.09. The van der Waals surface area contributed by atoms with Gasteiger partial charge in [-0.25, -0.2) is 0 Å². The standard InChI is InChI=1S/C16H18ClNO2S/c1-9-4-5-12-13(6-9)21-15(14(12)17)16(19)18-7-10(2)20-11(3)8-18/h4-6,10-11H,7-8H2,1-3H3. The molecular weight excluding hydrogens is 306 g/mol. The minimum absolute atomic E-state index is 0.0147. The number of benzene rings is 1. The van der Waals surface area contributed by atoms with E-state index in [1.165, 1.54) is 16.9 Å². The Balaban J connectivity index is 1.96. The quantitative estimate of drug-likeness (QED) is 0.790. The van der Waals surface area contributed by atoms with Crippen molar-refractivity contribution in [1.29, 1.82) is 0 Å². The van der Waals surface area contributed by atoms with Gasteiger partial charge in [0.2, 0.25) is 0 Å². The zero-order valence-electron chi connectivity index (χ0n) is 12.4. The number of fused-ring (bicyclic) bond motifs is 1. The van der Waals surface area contributed by atoms with Crippen LogP contribution >= 0.6 is 22.9 Å². The van der Waals surface area contributed by atoms with Crippen LogP contribution < -0.4 is 0 Å². The summed E-state index contributed by atoms with van der Waals surface area (Å²) in [5, 5.41) is 1.54. The molecule has 3 nitrogen and oxygen atoms in total. The van der Waals surface area contributed by atoms with Gasteiger partial charge in [-0.15, -0.1) is 11.3 Å². The molecule has 0 radical (unpaired) electrons. The molecule has 0 spiro atoms. The smallest absolute Gasteiger partial charge is 0.265 e. The van der Waals surface area contributed by atoms with Crippen molar-refractivity contribution in [2.45, 2.75) is 33.0 Å². The minimum Gasteiger partial charge on any atom is -0.372 e. The lowest BCUT2D eigenvalue weighted by Crippen LogP contribution is -2.48. The average molecular weight is 324 g/mol. The molecule has 0 aliphatic carbocycles. The highest BCUT2D eigenvalue weighted by molar-refractivity contribution is 7.21. The molecule has 112 valence electrons. The van der Waals surface area contributed by atoms with Crippen molar-refractivity contribution in [3.8, 4) is 0 Å². The summed E-state index contributed by atoms with van der Waals surface area (Å²) < 4.78 is 6.75. The molecule has 1 fully saturated rings. The van der Waals surface area contributed by atoms with Crippen molar-refractivity contribution in [2.75, 3.05) is 13.1 Å². The van der Waals surface area contributed by atoms with Crippen LogP contribution in [0.2, 0.25) is 5.02 Å². The lowest BCUT2D eigenvalue weighted by molar-refractivity contribution is -0.0584. The molecule has 0 N–H and O–H groups in total. The molecule has 2 unspecified atom stereocenters. The largest absolute Gasteiger partial charge is 0.372 e. The van der Waals surface area contributed by atoms with Crippen LogP contribution in [0.1, 0.15) is 29.1 Å². The van der Waals surface area contributed by atoms with Crippen molar-refractivity contribution in [3.63, 3.8) is 0 Å². The number of morpholine rings is 1. The molecule has 21 heavy (non-hydrogen) atoms. The summed E-state index contributed by atoms with van der Waals surface area (Å²) in [7, 11) is 0. The van der Waals surface area contributed by atoms with Crippen LogP contribution in [0.5, 0.6) is 0 Å². The molecule has 3 rings (SSSR count). The molecule has 1 saturated heterocycles. The monoisotopic (exact) mass is 323 g/mol. The number of thiophene rings is 1. The normalized spacial score (nSPS) is 22.8. The molecular formula is C16H18ClNO2S. The molecule has 2 heterocycles. The summed E-state index contributed by atoms with van der Waals surface area (Å²) in [5.74, 6) is 0.0147. The van der Waals surface area contributed by atoms with Crippen LogP contribution in [0.15, 0.2) is 18.2 Å². The van der Waals surface area contributed by atoms with Gasteiger partial charge in [0, 0.05) is 23.2 Å². The second-order valence-corrected chi connectivity index (χ2v) is 7.14. The molecule has 5 heteroatoms. The molecule has 0 bridgehead atoms. The third kappa shape index (κ3) is 2.80. The summed E-state index contributed by atoms with van der Waals surface area (Å²) in [6.07, 6.45) is 0.126. The number of hydrogen-bond donors (Lipinski definition) is 0. The second-order valence-electron chi connectivity index (χ2n) is 5.71. The first kappa shape index (κ1) is 14.8. The van der Waals surface area contributed by atoms with Gasteiger partial charge in [0.1, 0.15) is 4.88 Å². The van der Waals surface area contributed by atoms with Crippen LogP contribution in [0, 0.1) is 6.92 Å². The van der Waals surface area contributed by atoms with Crippen molar-refractivity contribution in [3.05, 3.63) is 33.7 Å². The Kier molecular flexibility index (Phi) is 3.95. The van der Waals surface area contributed by atoms with Crippen molar-refractivity contribution >= 4 is 38.9 Å². The van der Waals surface area contributed by atoms with Gasteiger partial charge in [-0.1, -0.05) is 23.7 Å². The zero-order chi connectivity index (χ0) is 15.1. The van der Waals surface area contributed by atoms with E-state index in [0.29, 0.717) is 23.0 Å². The van der Waals surface area contributed by atoms with E-state index in [0.717, 1.165) is 10.1 Å². The highest BCUT2D eigenvalue weighted by Gasteiger charge is 2.29. The maximum absolute atomic E-state index is 12.8. The molecule has 1 aromatic heterocycles. The number of ether oxygens (including phenoxy) is 1. The zero-order valence-corrected chi connectivity index (χ0v) is 13.9. The Morgan fingerprint density at radius 2 is 2.00 bits per heavy atom. The fourth-order valence-corrected chi connectivity index (χ4v) is 4.38. The number of amides is 1. The SMILES string of the molecule is Cc1ccc2c(Cl)c(C(=O)N3CC(C)OC(C)C3)sc2c1. The number of carbonyl (C=O) groups is 1. The topological polar surface area (TPSA) is 29.5 Å². The fourth-order valence-electron chi connectivity index (χ4n) is 2.80. The Morgan fingerprint density at radius 3 is 2.67 bits per heavy atom. The van der Waals surface area contributed by atoms with Crippen molar-refractivity contribution in [1.82, 2.24) is 4.90 Å². The number of aryl methyl sites for hydroxylation is 1. The maximum Gasteiger partial charge on any atom is 0.265 e. The Labute approximate surface area is 133 Å². The lowest BCUT2D eigenvalue weighted by Gasteiger charge is -2.35. The van der Waals surface area contributed by atoms with Crippen LogP contribution in [-0.4, -0.2) is 36.1 Å². The lowest BCUT2D eigenvalue weighted by atomic mass is 10.2. The van der Waals surface area contributed by atoms with Crippen LogP contribution in [0.25, 0.3) is 10.1 Å². The van der Waals surface area contributed by atoms with E-state index >= 15 is 0 Å². The van der Waals surface area contributed by atoms with E-state index < -0.39 is 0 Å². The Bertz CT molecular complexity index is 687. The average Bonchev–Trinajstić information content (AvgIpc) is 2.73. The van der Waals surface area contributed by atoms with E-state index in [1.807, 2.05) is 37.8 Å². The van der Waals surface area contributed by atoms with Gasteiger partial charge in [0.15, 0.2) is 0 Å². The van der Waals surface area contributed by atoms with Crippen molar-refractivity contribution in [2.24, 2.45) is 0 Å². The first-order valence-corrected chi connectivity index (χ1v) is 8.28. The number of hydrogen-bond acceptors (Lipinski definition) is 3. The number of carbonyl (C=O) groups excluding carboxylic acids is 1. The maximum atomic E-state index is 12.8. The summed E-state index contributed by atoms with van der Waals surface area (Å²) in [6.45, 7) is 7.26. The first-order chi connectivity index (χ1) is 9.95. The molecule has 1 aromatic carbocycles. The van der Waals surface area contributed by atoms with E-state index in [4.69, 9.17) is 16.3 Å². The number of rotatable bonds is 1. The Hall–Kier alpha value is -1.10. The number of nitrogens with zero attached hydrogens (tertiary/aromatic N) is 1. The predicted octanol–water partition coefficient (Wildman–Crippen LogP) is 4.11. The second kappa shape index (κ2) is 5.59. The van der Waals surface area contributed by atoms with Crippen LogP contribution in [-0.2, 0) is 4.74 Å². The molecule has 2 aromatic rings. The van der Waals surface area contributed by atoms with Gasteiger partial charge in [0.05, 0.1) is 17.2 Å². The van der Waals surface area contributed by atoms with E-state index in [-0.39, 0.29) is 18.1 Å². The van der Waals surface area contributed by atoms with Gasteiger partial charge in [-0.05, 0) is 32.4 Å². The molecule has 1 amide bonds. The van der Waals surface area contributed by atoms with Gasteiger partial charge in [-0.3, -0.25) is 4.79 Å². The van der Waals surface area contributed by atoms with Gasteiger partial charge in [-0.2, -0.15) is 0 Å². The summed E-state index contributed by atoms with van der Waals surface area (Å²) in [5.41, 5.74) is 1.17. The summed E-state index contributed by atoms with van der Waals surface area (Å²) in [4.78, 5) is 15.2. The third-order valence-corrected chi connectivity index (χ3v) is 5.33. The van der Waals surface area contributed by atoms with E-state index in [1.54, 1.807) is 0 Å². The van der Waals surface area contributed by atoms with Crippen LogP contribution in [0.3, 0.4) is 0 Å². The molecule has 1 aliphatic rings. The molecule has 1 aliphatic heterocycles.